The quantitative estimate of drug-likeness (QED) is 0.607. The maximum atomic E-state index is 9.15. The van der Waals surface area contributed by atoms with E-state index in [1.54, 1.807) is 0 Å². The van der Waals surface area contributed by atoms with Crippen LogP contribution in [0, 0.1) is 11.3 Å². The van der Waals surface area contributed by atoms with Gasteiger partial charge in [-0.15, -0.1) is 0 Å². The smallest absolute Gasteiger partial charge is 0.0998 e. The van der Waals surface area contributed by atoms with E-state index >= 15 is 0 Å². The van der Waals surface area contributed by atoms with E-state index in [2.05, 4.69) is 30.3 Å². The zero-order valence-electron chi connectivity index (χ0n) is 9.80. The van der Waals surface area contributed by atoms with E-state index in [-0.39, 0.29) is 0 Å². The largest absolute Gasteiger partial charge is 0.192 e. The molecule has 18 heavy (non-hydrogen) atoms. The summed E-state index contributed by atoms with van der Waals surface area (Å²) in [7, 11) is 0. The van der Waals surface area contributed by atoms with Crippen LogP contribution in [0.1, 0.15) is 5.56 Å². The van der Waals surface area contributed by atoms with Crippen LogP contribution in [-0.4, -0.2) is 0 Å². The van der Waals surface area contributed by atoms with Gasteiger partial charge in [-0.2, -0.15) is 5.26 Å². The van der Waals surface area contributed by atoms with E-state index in [1.807, 2.05) is 42.5 Å². The molecular formula is C17H11N. The average molecular weight is 229 g/mol. The molecule has 0 saturated heterocycles. The summed E-state index contributed by atoms with van der Waals surface area (Å²) in [5.41, 5.74) is 3.08. The van der Waals surface area contributed by atoms with Crippen molar-refractivity contribution in [2.24, 2.45) is 0 Å². The maximum Gasteiger partial charge on any atom is 0.0998 e. The third-order valence-corrected chi connectivity index (χ3v) is 3.13. The van der Waals surface area contributed by atoms with Gasteiger partial charge in [-0.3, -0.25) is 0 Å². The molecule has 3 aromatic carbocycles. The van der Waals surface area contributed by atoms with Gasteiger partial charge in [0, 0.05) is 5.39 Å². The topological polar surface area (TPSA) is 23.8 Å². The van der Waals surface area contributed by atoms with E-state index in [0.717, 1.165) is 16.3 Å². The van der Waals surface area contributed by atoms with Crippen LogP contribution in [0.4, 0.5) is 0 Å². The van der Waals surface area contributed by atoms with Gasteiger partial charge in [0.1, 0.15) is 0 Å². The normalized spacial score (nSPS) is 10.2. The van der Waals surface area contributed by atoms with Crippen LogP contribution in [-0.2, 0) is 0 Å². The molecule has 1 nitrogen and oxygen atoms in total. The van der Waals surface area contributed by atoms with Gasteiger partial charge < -0.3 is 0 Å². The molecule has 0 bridgehead atoms. The lowest BCUT2D eigenvalue weighted by molar-refractivity contribution is 1.50. The molecule has 0 aromatic heterocycles. The standard InChI is InChI=1S/C17H11N/c18-12-14-8-4-11-17-15(9-5-10-16(14)17)13-6-2-1-3-7-13/h1-11H. The zero-order chi connectivity index (χ0) is 12.4. The van der Waals surface area contributed by atoms with Gasteiger partial charge in [-0.1, -0.05) is 60.7 Å². The van der Waals surface area contributed by atoms with E-state index in [1.165, 1.54) is 11.1 Å². The second kappa shape index (κ2) is 4.35. The fourth-order valence-electron chi connectivity index (χ4n) is 2.28. The van der Waals surface area contributed by atoms with Gasteiger partial charge in [0.25, 0.3) is 0 Å². The summed E-state index contributed by atoms with van der Waals surface area (Å²) >= 11 is 0. The number of fused-ring (bicyclic) bond motifs is 1. The Morgan fingerprint density at radius 3 is 2.17 bits per heavy atom. The second-order valence-corrected chi connectivity index (χ2v) is 4.18. The molecule has 0 fully saturated rings. The first-order valence-electron chi connectivity index (χ1n) is 5.87. The summed E-state index contributed by atoms with van der Waals surface area (Å²) in [4.78, 5) is 0. The highest BCUT2D eigenvalue weighted by Crippen LogP contribution is 2.29. The van der Waals surface area contributed by atoms with E-state index in [4.69, 9.17) is 5.26 Å². The third-order valence-electron chi connectivity index (χ3n) is 3.13. The number of benzene rings is 3. The molecule has 84 valence electrons. The lowest BCUT2D eigenvalue weighted by atomic mass is 9.96. The van der Waals surface area contributed by atoms with Crippen molar-refractivity contribution in [2.45, 2.75) is 0 Å². The van der Waals surface area contributed by atoms with Crippen LogP contribution in [0.25, 0.3) is 21.9 Å². The highest BCUT2D eigenvalue weighted by molar-refractivity contribution is 5.99. The molecular weight excluding hydrogens is 218 g/mol. The molecule has 0 aliphatic heterocycles. The van der Waals surface area contributed by atoms with Gasteiger partial charge in [-0.05, 0) is 22.6 Å². The molecule has 0 heterocycles. The van der Waals surface area contributed by atoms with Crippen molar-refractivity contribution in [1.82, 2.24) is 0 Å². The SMILES string of the molecule is N#Cc1cccc2c(-c3ccccc3)cccc12. The van der Waals surface area contributed by atoms with Crippen LogP contribution in [0.5, 0.6) is 0 Å². The van der Waals surface area contributed by atoms with Gasteiger partial charge >= 0.3 is 0 Å². The Morgan fingerprint density at radius 1 is 0.667 bits per heavy atom. The molecule has 0 atom stereocenters. The fourth-order valence-corrected chi connectivity index (χ4v) is 2.28. The fraction of sp³-hybridized carbons (Fsp3) is 0. The number of nitrogens with zero attached hydrogens (tertiary/aromatic N) is 1. The molecule has 0 aliphatic carbocycles. The first kappa shape index (κ1) is 10.6. The van der Waals surface area contributed by atoms with Crippen LogP contribution >= 0.6 is 0 Å². The number of hydrogen-bond acceptors (Lipinski definition) is 1. The summed E-state index contributed by atoms with van der Waals surface area (Å²) in [6.45, 7) is 0. The Labute approximate surface area is 106 Å². The zero-order valence-corrected chi connectivity index (χ0v) is 9.80. The van der Waals surface area contributed by atoms with E-state index < -0.39 is 0 Å². The molecule has 3 aromatic rings. The molecule has 0 N–H and O–H groups in total. The predicted octanol–water partition coefficient (Wildman–Crippen LogP) is 4.38. The van der Waals surface area contributed by atoms with Crippen LogP contribution in [0.15, 0.2) is 66.7 Å². The maximum absolute atomic E-state index is 9.15. The number of rotatable bonds is 1. The minimum absolute atomic E-state index is 0.727. The van der Waals surface area contributed by atoms with Crippen molar-refractivity contribution in [2.75, 3.05) is 0 Å². The van der Waals surface area contributed by atoms with Crippen molar-refractivity contribution in [1.29, 1.82) is 5.26 Å². The van der Waals surface area contributed by atoms with Crippen molar-refractivity contribution >= 4 is 10.8 Å². The lowest BCUT2D eigenvalue weighted by Gasteiger charge is -2.07. The predicted molar refractivity (Wildman–Crippen MR) is 74.1 cm³/mol. The highest BCUT2D eigenvalue weighted by atomic mass is 14.2. The molecule has 0 spiro atoms. The summed E-state index contributed by atoms with van der Waals surface area (Å²) < 4.78 is 0. The average Bonchev–Trinajstić information content (AvgIpc) is 2.47. The minimum atomic E-state index is 0.727. The van der Waals surface area contributed by atoms with Crippen molar-refractivity contribution < 1.29 is 0 Å². The third kappa shape index (κ3) is 1.65. The summed E-state index contributed by atoms with van der Waals surface area (Å²) in [6, 6.07) is 24.5. The second-order valence-electron chi connectivity index (χ2n) is 4.18. The van der Waals surface area contributed by atoms with Crippen molar-refractivity contribution in [3.05, 3.63) is 72.3 Å². The van der Waals surface area contributed by atoms with Gasteiger partial charge in [0.15, 0.2) is 0 Å². The first-order valence-corrected chi connectivity index (χ1v) is 5.87. The van der Waals surface area contributed by atoms with Crippen molar-refractivity contribution in [3.63, 3.8) is 0 Å². The van der Waals surface area contributed by atoms with Crippen molar-refractivity contribution in [3.8, 4) is 17.2 Å². The number of hydrogen-bond donors (Lipinski definition) is 0. The Hall–Kier alpha value is -2.59. The van der Waals surface area contributed by atoms with E-state index in [0.29, 0.717) is 0 Å². The summed E-state index contributed by atoms with van der Waals surface area (Å²) in [6.07, 6.45) is 0. The Balaban J connectivity index is 2.36. The monoisotopic (exact) mass is 229 g/mol. The Morgan fingerprint density at radius 2 is 1.39 bits per heavy atom. The molecule has 3 rings (SSSR count). The van der Waals surface area contributed by atoms with Gasteiger partial charge in [0.2, 0.25) is 0 Å². The van der Waals surface area contributed by atoms with E-state index in [9.17, 15) is 0 Å². The summed E-state index contributed by atoms with van der Waals surface area (Å²) in [5, 5.41) is 11.3. The Kier molecular flexibility index (Phi) is 2.55. The minimum Gasteiger partial charge on any atom is -0.192 e. The number of nitriles is 1. The molecule has 0 unspecified atom stereocenters. The molecule has 0 radical (unpaired) electrons. The Bertz CT molecular complexity index is 736. The molecule has 0 aliphatic rings. The summed E-state index contributed by atoms with van der Waals surface area (Å²) in [5.74, 6) is 0. The molecule has 0 amide bonds. The van der Waals surface area contributed by atoms with Crippen LogP contribution in [0.2, 0.25) is 0 Å². The van der Waals surface area contributed by atoms with Gasteiger partial charge in [0.05, 0.1) is 11.6 Å². The molecule has 0 saturated carbocycles. The van der Waals surface area contributed by atoms with Gasteiger partial charge in [-0.25, -0.2) is 0 Å². The lowest BCUT2D eigenvalue weighted by Crippen LogP contribution is -1.83. The molecule has 1 heteroatoms. The first-order chi connectivity index (χ1) is 8.90. The highest BCUT2D eigenvalue weighted by Gasteiger charge is 2.05. The van der Waals surface area contributed by atoms with Crippen LogP contribution in [0.3, 0.4) is 0 Å². The van der Waals surface area contributed by atoms with Crippen LogP contribution < -0.4 is 0 Å².